The first-order valence-corrected chi connectivity index (χ1v) is 12.3. The molecule has 6 nitrogen and oxygen atoms in total. The van der Waals surface area contributed by atoms with Gasteiger partial charge in [0.05, 0.1) is 19.2 Å². The summed E-state index contributed by atoms with van der Waals surface area (Å²) < 4.78 is 5.81. The fourth-order valence-electron chi connectivity index (χ4n) is 3.65. The fourth-order valence-corrected chi connectivity index (χ4v) is 3.65. The zero-order chi connectivity index (χ0) is 24.9. The first kappa shape index (κ1) is 25.8. The Morgan fingerprint density at radius 3 is 2.43 bits per heavy atom. The second-order valence-corrected chi connectivity index (χ2v) is 8.53. The van der Waals surface area contributed by atoms with Crippen LogP contribution in [0, 0.1) is 0 Å². The average Bonchev–Trinajstić information content (AvgIpc) is 2.88. The molecule has 0 aliphatic rings. The predicted molar refractivity (Wildman–Crippen MR) is 142 cm³/mol. The quantitative estimate of drug-likeness (QED) is 0.259. The molecule has 184 valence electrons. The van der Waals surface area contributed by atoms with Crippen LogP contribution in [0.15, 0.2) is 78.9 Å². The number of nitrogens with one attached hydrogen (secondary N) is 3. The van der Waals surface area contributed by atoms with E-state index in [0.717, 1.165) is 23.4 Å². The molecule has 3 aromatic carbocycles. The molecular weight excluding hydrogens is 438 g/mol. The third kappa shape index (κ3) is 8.81. The Morgan fingerprint density at radius 2 is 1.63 bits per heavy atom. The summed E-state index contributed by atoms with van der Waals surface area (Å²) >= 11 is 0. The van der Waals surface area contributed by atoms with Crippen molar-refractivity contribution >= 4 is 23.2 Å². The maximum atomic E-state index is 12.7. The molecule has 0 aromatic heterocycles. The third-order valence-corrected chi connectivity index (χ3v) is 5.61. The summed E-state index contributed by atoms with van der Waals surface area (Å²) in [6, 6.07) is 24.2. The Hall–Kier alpha value is -3.80. The van der Waals surface area contributed by atoms with E-state index in [1.165, 1.54) is 19.3 Å². The zero-order valence-corrected chi connectivity index (χ0v) is 20.6. The predicted octanol–water partition coefficient (Wildman–Crippen LogP) is 6.19. The van der Waals surface area contributed by atoms with Gasteiger partial charge in [-0.25, -0.2) is 0 Å². The standard InChI is InChI=1S/C29H35N3O3/c1-3-4-5-9-18-35-27-17-11-15-25(20-27)30-21-28(33)32-26-16-10-14-24(19-26)29(34)31-22(2)23-12-7-6-8-13-23/h6-8,10-17,19-20,22,30H,3-5,9,18,21H2,1-2H3,(H,31,34)(H,32,33). The molecule has 35 heavy (non-hydrogen) atoms. The highest BCUT2D eigenvalue weighted by Crippen LogP contribution is 2.18. The van der Waals surface area contributed by atoms with Crippen molar-refractivity contribution in [3.8, 4) is 5.75 Å². The Bertz CT molecular complexity index is 1090. The van der Waals surface area contributed by atoms with E-state index in [9.17, 15) is 9.59 Å². The maximum absolute atomic E-state index is 12.7. The molecular formula is C29H35N3O3. The SMILES string of the molecule is CCCCCCOc1cccc(NCC(=O)Nc2cccc(C(=O)NC(C)c3ccccc3)c2)c1. The zero-order valence-electron chi connectivity index (χ0n) is 20.6. The normalized spacial score (nSPS) is 11.4. The van der Waals surface area contributed by atoms with Crippen molar-refractivity contribution in [1.29, 1.82) is 0 Å². The Labute approximate surface area is 208 Å². The van der Waals surface area contributed by atoms with Crippen molar-refractivity contribution in [2.45, 2.75) is 45.6 Å². The van der Waals surface area contributed by atoms with Gasteiger partial charge in [-0.3, -0.25) is 9.59 Å². The van der Waals surface area contributed by atoms with Crippen LogP contribution < -0.4 is 20.7 Å². The summed E-state index contributed by atoms with van der Waals surface area (Å²) in [6.45, 7) is 4.92. The van der Waals surface area contributed by atoms with Crippen molar-refractivity contribution in [3.05, 3.63) is 90.0 Å². The lowest BCUT2D eigenvalue weighted by molar-refractivity contribution is -0.114. The lowest BCUT2D eigenvalue weighted by Gasteiger charge is -2.15. The van der Waals surface area contributed by atoms with E-state index >= 15 is 0 Å². The van der Waals surface area contributed by atoms with Crippen LogP contribution in [-0.4, -0.2) is 25.0 Å². The number of unbranched alkanes of at least 4 members (excludes halogenated alkanes) is 3. The van der Waals surface area contributed by atoms with E-state index in [0.29, 0.717) is 17.9 Å². The minimum absolute atomic E-state index is 0.0986. The van der Waals surface area contributed by atoms with Gasteiger partial charge in [0.2, 0.25) is 5.91 Å². The van der Waals surface area contributed by atoms with E-state index in [4.69, 9.17) is 4.74 Å². The van der Waals surface area contributed by atoms with Gasteiger partial charge < -0.3 is 20.7 Å². The van der Waals surface area contributed by atoms with Crippen molar-refractivity contribution in [3.63, 3.8) is 0 Å². The van der Waals surface area contributed by atoms with Gasteiger partial charge in [-0.2, -0.15) is 0 Å². The minimum atomic E-state index is -0.203. The van der Waals surface area contributed by atoms with Crippen molar-refractivity contribution < 1.29 is 14.3 Å². The number of amides is 2. The molecule has 1 atom stereocenters. The lowest BCUT2D eigenvalue weighted by atomic mass is 10.1. The summed E-state index contributed by atoms with van der Waals surface area (Å²) in [5, 5.41) is 8.97. The van der Waals surface area contributed by atoms with Gasteiger partial charge in [0.1, 0.15) is 5.75 Å². The lowest BCUT2D eigenvalue weighted by Crippen LogP contribution is -2.27. The fraction of sp³-hybridized carbons (Fsp3) is 0.310. The van der Waals surface area contributed by atoms with Crippen LogP contribution in [0.2, 0.25) is 0 Å². The van der Waals surface area contributed by atoms with Crippen LogP contribution in [0.3, 0.4) is 0 Å². The molecule has 3 N–H and O–H groups in total. The molecule has 3 aromatic rings. The first-order chi connectivity index (χ1) is 17.0. The summed E-state index contributed by atoms with van der Waals surface area (Å²) in [6.07, 6.45) is 4.63. The van der Waals surface area contributed by atoms with Gasteiger partial charge in [0.25, 0.3) is 5.91 Å². The highest BCUT2D eigenvalue weighted by molar-refractivity contribution is 5.98. The van der Waals surface area contributed by atoms with Gasteiger partial charge in [-0.1, -0.05) is 68.7 Å². The summed E-state index contributed by atoms with van der Waals surface area (Å²) in [4.78, 5) is 25.2. The second kappa shape index (κ2) is 13.8. The number of anilines is 2. The second-order valence-electron chi connectivity index (χ2n) is 8.53. The van der Waals surface area contributed by atoms with Crippen LogP contribution >= 0.6 is 0 Å². The highest BCUT2D eigenvalue weighted by Gasteiger charge is 2.12. The molecule has 0 spiro atoms. The Kier molecular flexibility index (Phi) is 10.2. The van der Waals surface area contributed by atoms with Gasteiger partial charge in [0.15, 0.2) is 0 Å². The van der Waals surface area contributed by atoms with E-state index in [1.807, 2.05) is 61.5 Å². The topological polar surface area (TPSA) is 79.5 Å². The number of carbonyl (C=O) groups excluding carboxylic acids is 2. The summed E-state index contributed by atoms with van der Waals surface area (Å²) in [5.41, 5.74) is 2.90. The molecule has 0 aliphatic heterocycles. The number of hydrogen-bond acceptors (Lipinski definition) is 4. The number of ether oxygens (including phenoxy) is 1. The molecule has 0 saturated heterocycles. The molecule has 3 rings (SSSR count). The van der Waals surface area contributed by atoms with E-state index in [2.05, 4.69) is 22.9 Å². The summed E-state index contributed by atoms with van der Waals surface area (Å²) in [7, 11) is 0. The number of carbonyl (C=O) groups is 2. The number of benzene rings is 3. The molecule has 0 saturated carbocycles. The number of hydrogen-bond donors (Lipinski definition) is 3. The molecule has 6 heteroatoms. The van der Waals surface area contributed by atoms with E-state index < -0.39 is 0 Å². The maximum Gasteiger partial charge on any atom is 0.251 e. The third-order valence-electron chi connectivity index (χ3n) is 5.61. The molecule has 0 radical (unpaired) electrons. The monoisotopic (exact) mass is 473 g/mol. The van der Waals surface area contributed by atoms with Crippen molar-refractivity contribution in [1.82, 2.24) is 5.32 Å². The van der Waals surface area contributed by atoms with Crippen LogP contribution in [-0.2, 0) is 4.79 Å². The van der Waals surface area contributed by atoms with Crippen molar-refractivity contribution in [2.75, 3.05) is 23.8 Å². The smallest absolute Gasteiger partial charge is 0.251 e. The van der Waals surface area contributed by atoms with Crippen LogP contribution in [0.1, 0.15) is 61.5 Å². The molecule has 0 bridgehead atoms. The van der Waals surface area contributed by atoms with Gasteiger partial charge in [0, 0.05) is 23.0 Å². The molecule has 0 heterocycles. The van der Waals surface area contributed by atoms with Crippen LogP contribution in [0.25, 0.3) is 0 Å². The Morgan fingerprint density at radius 1 is 0.857 bits per heavy atom. The minimum Gasteiger partial charge on any atom is -0.494 e. The largest absolute Gasteiger partial charge is 0.494 e. The number of rotatable bonds is 13. The molecule has 0 aliphatic carbocycles. The van der Waals surface area contributed by atoms with E-state index in [1.54, 1.807) is 24.3 Å². The molecule has 0 fully saturated rings. The van der Waals surface area contributed by atoms with Crippen LogP contribution in [0.4, 0.5) is 11.4 Å². The molecule has 2 amide bonds. The van der Waals surface area contributed by atoms with Gasteiger partial charge in [-0.05, 0) is 49.2 Å². The summed E-state index contributed by atoms with van der Waals surface area (Å²) in [5.74, 6) is 0.392. The van der Waals surface area contributed by atoms with Gasteiger partial charge >= 0.3 is 0 Å². The Balaban J connectivity index is 1.48. The van der Waals surface area contributed by atoms with E-state index in [-0.39, 0.29) is 24.4 Å². The first-order valence-electron chi connectivity index (χ1n) is 12.3. The van der Waals surface area contributed by atoms with Gasteiger partial charge in [-0.15, -0.1) is 0 Å². The average molecular weight is 474 g/mol. The van der Waals surface area contributed by atoms with Crippen LogP contribution in [0.5, 0.6) is 5.75 Å². The van der Waals surface area contributed by atoms with Crippen molar-refractivity contribution in [2.24, 2.45) is 0 Å². The highest BCUT2D eigenvalue weighted by atomic mass is 16.5. The molecule has 1 unspecified atom stereocenters.